The lowest BCUT2D eigenvalue weighted by atomic mass is 10.0. The maximum absolute atomic E-state index is 12.7. The number of nitrogens with zero attached hydrogens (tertiary/aromatic N) is 3. The highest BCUT2D eigenvalue weighted by Gasteiger charge is 2.25. The largest absolute Gasteiger partial charge is 0.340 e. The predicted octanol–water partition coefficient (Wildman–Crippen LogP) is 4.38. The lowest BCUT2D eigenvalue weighted by Crippen LogP contribution is -2.32. The van der Waals surface area contributed by atoms with Gasteiger partial charge >= 0.3 is 0 Å². The van der Waals surface area contributed by atoms with Gasteiger partial charge in [0, 0.05) is 23.5 Å². The Balaban J connectivity index is 1.78. The number of aromatic nitrogens is 3. The van der Waals surface area contributed by atoms with Crippen molar-refractivity contribution in [2.24, 2.45) is 5.92 Å². The van der Waals surface area contributed by atoms with Gasteiger partial charge in [0.1, 0.15) is 6.04 Å². The van der Waals surface area contributed by atoms with E-state index in [1.807, 2.05) is 50.2 Å². The van der Waals surface area contributed by atoms with Crippen LogP contribution in [0.2, 0.25) is 0 Å². The van der Waals surface area contributed by atoms with E-state index in [9.17, 15) is 4.79 Å². The smallest absolute Gasteiger partial charge is 0.251 e. The number of nitrogens with one attached hydrogen (secondary N) is 1. The summed E-state index contributed by atoms with van der Waals surface area (Å²) in [6.45, 7) is 8.26. The molecule has 0 aliphatic carbocycles. The van der Waals surface area contributed by atoms with E-state index in [0.717, 1.165) is 5.56 Å². The predicted molar refractivity (Wildman–Crippen MR) is 103 cm³/mol. The molecule has 27 heavy (non-hydrogen) atoms. The van der Waals surface area contributed by atoms with E-state index in [4.69, 9.17) is 4.52 Å². The van der Waals surface area contributed by atoms with Crippen LogP contribution in [0.1, 0.15) is 61.5 Å². The van der Waals surface area contributed by atoms with Gasteiger partial charge in [-0.05, 0) is 41.7 Å². The van der Waals surface area contributed by atoms with Crippen LogP contribution in [0.4, 0.5) is 0 Å². The lowest BCUT2D eigenvalue weighted by molar-refractivity contribution is 0.0914. The molecule has 1 amide bonds. The number of carbonyl (C=O) groups excluding carboxylic acids is 1. The van der Waals surface area contributed by atoms with Gasteiger partial charge in [-0.15, -0.1) is 0 Å². The molecule has 0 bridgehead atoms. The van der Waals surface area contributed by atoms with E-state index in [2.05, 4.69) is 34.3 Å². The van der Waals surface area contributed by atoms with Crippen LogP contribution < -0.4 is 5.32 Å². The molecule has 1 unspecified atom stereocenters. The number of hydrogen-bond donors (Lipinski definition) is 1. The first-order chi connectivity index (χ1) is 13.0. The van der Waals surface area contributed by atoms with Gasteiger partial charge in [-0.3, -0.25) is 9.78 Å². The summed E-state index contributed by atoms with van der Waals surface area (Å²) in [7, 11) is 0. The molecule has 6 heteroatoms. The summed E-state index contributed by atoms with van der Waals surface area (Å²) >= 11 is 0. The molecule has 3 aromatic rings. The van der Waals surface area contributed by atoms with Crippen LogP contribution in [0.25, 0.3) is 11.4 Å². The molecule has 2 heterocycles. The Morgan fingerprint density at radius 2 is 1.67 bits per heavy atom. The number of benzene rings is 1. The molecule has 1 atom stereocenters. The second-order valence-corrected chi connectivity index (χ2v) is 7.16. The highest BCUT2D eigenvalue weighted by Crippen LogP contribution is 2.24. The number of hydrogen-bond acceptors (Lipinski definition) is 5. The average molecular weight is 364 g/mol. The minimum absolute atomic E-state index is 0.0922. The van der Waals surface area contributed by atoms with Gasteiger partial charge in [0.05, 0.1) is 0 Å². The van der Waals surface area contributed by atoms with Crippen molar-refractivity contribution in [3.05, 3.63) is 65.8 Å². The first-order valence-corrected chi connectivity index (χ1v) is 9.10. The van der Waals surface area contributed by atoms with Crippen LogP contribution in [0.5, 0.6) is 0 Å². The molecule has 0 spiro atoms. The third-order valence-corrected chi connectivity index (χ3v) is 4.44. The van der Waals surface area contributed by atoms with Crippen molar-refractivity contribution >= 4 is 5.91 Å². The molecule has 0 saturated carbocycles. The van der Waals surface area contributed by atoms with Crippen molar-refractivity contribution in [2.75, 3.05) is 0 Å². The van der Waals surface area contributed by atoms with Crippen molar-refractivity contribution in [3.8, 4) is 11.4 Å². The fraction of sp³-hybridized carbons (Fsp3) is 0.333. The van der Waals surface area contributed by atoms with Crippen LogP contribution in [-0.2, 0) is 0 Å². The Kier molecular flexibility index (Phi) is 5.64. The molecule has 3 rings (SSSR count). The Morgan fingerprint density at radius 3 is 2.26 bits per heavy atom. The van der Waals surface area contributed by atoms with E-state index < -0.39 is 0 Å². The maximum atomic E-state index is 12.7. The SMILES string of the molecule is CC(C)c1ccc(C(=O)NC(c2nc(-c3ccncc3)no2)C(C)C)cc1. The molecule has 0 saturated heterocycles. The summed E-state index contributed by atoms with van der Waals surface area (Å²) in [5, 5.41) is 7.05. The average Bonchev–Trinajstić information content (AvgIpc) is 3.16. The molecule has 6 nitrogen and oxygen atoms in total. The Labute approximate surface area is 159 Å². The summed E-state index contributed by atoms with van der Waals surface area (Å²) in [6.07, 6.45) is 3.35. The van der Waals surface area contributed by atoms with Crippen molar-refractivity contribution < 1.29 is 9.32 Å². The van der Waals surface area contributed by atoms with Gasteiger partial charge < -0.3 is 9.84 Å². The maximum Gasteiger partial charge on any atom is 0.251 e. The van der Waals surface area contributed by atoms with Crippen molar-refractivity contribution in [2.45, 2.75) is 39.7 Å². The number of rotatable bonds is 6. The minimum Gasteiger partial charge on any atom is -0.340 e. The van der Waals surface area contributed by atoms with Crippen molar-refractivity contribution in [1.82, 2.24) is 20.4 Å². The summed E-state index contributed by atoms with van der Waals surface area (Å²) in [5.41, 5.74) is 2.63. The van der Waals surface area contributed by atoms with Crippen LogP contribution in [0.3, 0.4) is 0 Å². The Hall–Kier alpha value is -3.02. The van der Waals surface area contributed by atoms with E-state index in [1.54, 1.807) is 12.4 Å². The van der Waals surface area contributed by atoms with Gasteiger partial charge in [0.25, 0.3) is 5.91 Å². The zero-order valence-corrected chi connectivity index (χ0v) is 16.0. The van der Waals surface area contributed by atoms with E-state index in [1.165, 1.54) is 5.56 Å². The van der Waals surface area contributed by atoms with Gasteiger partial charge in [0.15, 0.2) is 0 Å². The third kappa shape index (κ3) is 4.39. The minimum atomic E-state index is -0.370. The zero-order valence-electron chi connectivity index (χ0n) is 16.0. The van der Waals surface area contributed by atoms with E-state index >= 15 is 0 Å². The first kappa shape index (κ1) is 18.8. The van der Waals surface area contributed by atoms with Crippen LogP contribution >= 0.6 is 0 Å². The standard InChI is InChI=1S/C21H24N4O2/c1-13(2)15-5-7-17(8-6-15)20(26)23-18(14(3)4)21-24-19(25-27-21)16-9-11-22-12-10-16/h5-14,18H,1-4H3,(H,23,26). The normalized spacial score (nSPS) is 12.4. The number of carbonyl (C=O) groups is 1. The molecular weight excluding hydrogens is 340 g/mol. The zero-order chi connectivity index (χ0) is 19.4. The number of amides is 1. The lowest BCUT2D eigenvalue weighted by Gasteiger charge is -2.18. The van der Waals surface area contributed by atoms with Gasteiger partial charge in [-0.25, -0.2) is 0 Å². The van der Waals surface area contributed by atoms with Crippen LogP contribution in [0, 0.1) is 5.92 Å². The summed E-state index contributed by atoms with van der Waals surface area (Å²) < 4.78 is 5.43. The van der Waals surface area contributed by atoms with Crippen LogP contribution in [0.15, 0.2) is 53.3 Å². The Morgan fingerprint density at radius 1 is 1.00 bits per heavy atom. The van der Waals surface area contributed by atoms with E-state index in [0.29, 0.717) is 23.2 Å². The molecule has 0 fully saturated rings. The molecular formula is C21H24N4O2. The number of pyridine rings is 1. The highest BCUT2D eigenvalue weighted by molar-refractivity contribution is 5.94. The van der Waals surface area contributed by atoms with Gasteiger partial charge in [0.2, 0.25) is 11.7 Å². The highest BCUT2D eigenvalue weighted by atomic mass is 16.5. The quantitative estimate of drug-likeness (QED) is 0.702. The summed E-state index contributed by atoms with van der Waals surface area (Å²) in [5.74, 6) is 1.23. The summed E-state index contributed by atoms with van der Waals surface area (Å²) in [6, 6.07) is 10.9. The van der Waals surface area contributed by atoms with E-state index in [-0.39, 0.29) is 17.9 Å². The Bertz CT molecular complexity index is 886. The summed E-state index contributed by atoms with van der Waals surface area (Å²) in [4.78, 5) is 21.1. The first-order valence-electron chi connectivity index (χ1n) is 9.10. The molecule has 1 N–H and O–H groups in total. The van der Waals surface area contributed by atoms with Gasteiger partial charge in [-0.1, -0.05) is 45.0 Å². The molecule has 1 aromatic carbocycles. The molecule has 0 aliphatic rings. The van der Waals surface area contributed by atoms with Crippen molar-refractivity contribution in [3.63, 3.8) is 0 Å². The third-order valence-electron chi connectivity index (χ3n) is 4.44. The fourth-order valence-electron chi connectivity index (χ4n) is 2.74. The molecule has 0 radical (unpaired) electrons. The second kappa shape index (κ2) is 8.12. The molecule has 2 aromatic heterocycles. The molecule has 140 valence electrons. The van der Waals surface area contributed by atoms with Gasteiger partial charge in [-0.2, -0.15) is 4.98 Å². The monoisotopic (exact) mass is 364 g/mol. The van der Waals surface area contributed by atoms with Crippen LogP contribution in [-0.4, -0.2) is 21.0 Å². The topological polar surface area (TPSA) is 80.9 Å². The fourth-order valence-corrected chi connectivity index (χ4v) is 2.74. The second-order valence-electron chi connectivity index (χ2n) is 7.16. The van der Waals surface area contributed by atoms with Crippen molar-refractivity contribution in [1.29, 1.82) is 0 Å². The molecule has 0 aliphatic heterocycles.